The third-order valence-corrected chi connectivity index (χ3v) is 6.02. The molecule has 0 spiro atoms. The summed E-state index contributed by atoms with van der Waals surface area (Å²) in [5, 5.41) is 3.62. The number of fused-ring (bicyclic) bond motifs is 5. The summed E-state index contributed by atoms with van der Waals surface area (Å²) in [6.07, 6.45) is 5.94. The Morgan fingerprint density at radius 2 is 1.88 bits per heavy atom. The van der Waals surface area contributed by atoms with Crippen molar-refractivity contribution >= 4 is 0 Å². The molecule has 6 unspecified atom stereocenters. The largest absolute Gasteiger partial charge is 0.381 e. The van der Waals surface area contributed by atoms with Crippen LogP contribution in [0.1, 0.15) is 25.7 Å². The van der Waals surface area contributed by atoms with E-state index in [4.69, 9.17) is 4.74 Å². The maximum Gasteiger partial charge on any atom is 0.0510 e. The molecule has 2 nitrogen and oxygen atoms in total. The summed E-state index contributed by atoms with van der Waals surface area (Å²) in [4.78, 5) is 0. The molecule has 1 N–H and O–H groups in total. The van der Waals surface area contributed by atoms with Crippen molar-refractivity contribution in [3.63, 3.8) is 0 Å². The van der Waals surface area contributed by atoms with Crippen LogP contribution in [0.2, 0.25) is 0 Å². The minimum absolute atomic E-state index is 0.765. The smallest absolute Gasteiger partial charge is 0.0510 e. The number of hydrogen-bond donors (Lipinski definition) is 1. The van der Waals surface area contributed by atoms with Crippen LogP contribution >= 0.6 is 0 Å². The van der Waals surface area contributed by atoms with Crippen LogP contribution in [-0.2, 0) is 4.74 Å². The van der Waals surface area contributed by atoms with Crippen LogP contribution in [-0.4, -0.2) is 26.3 Å². The molecular weight excluding hydrogens is 198 g/mol. The zero-order valence-electron chi connectivity index (χ0n) is 10.2. The molecule has 0 aromatic rings. The van der Waals surface area contributed by atoms with Crippen molar-refractivity contribution in [1.29, 1.82) is 0 Å². The van der Waals surface area contributed by atoms with Gasteiger partial charge in [-0.25, -0.2) is 0 Å². The average molecular weight is 221 g/mol. The summed E-state index contributed by atoms with van der Waals surface area (Å²) in [6.45, 7) is 2.01. The Bertz CT molecular complexity index is 270. The van der Waals surface area contributed by atoms with Crippen LogP contribution in [0.25, 0.3) is 0 Å². The average Bonchev–Trinajstić information content (AvgIpc) is 2.78. The van der Waals surface area contributed by atoms with Gasteiger partial charge in [0.25, 0.3) is 0 Å². The van der Waals surface area contributed by atoms with Crippen molar-refractivity contribution in [1.82, 2.24) is 5.32 Å². The topological polar surface area (TPSA) is 21.3 Å². The third kappa shape index (κ3) is 1.20. The van der Waals surface area contributed by atoms with Crippen LogP contribution in [0, 0.1) is 35.5 Å². The molecular formula is C14H23NO. The van der Waals surface area contributed by atoms with Gasteiger partial charge in [-0.1, -0.05) is 0 Å². The van der Waals surface area contributed by atoms with Gasteiger partial charge in [-0.2, -0.15) is 0 Å². The van der Waals surface area contributed by atoms with E-state index in [-0.39, 0.29) is 0 Å². The molecule has 3 aliphatic carbocycles. The van der Waals surface area contributed by atoms with Gasteiger partial charge < -0.3 is 10.1 Å². The molecule has 4 aliphatic rings. The van der Waals surface area contributed by atoms with Gasteiger partial charge in [-0.05, 0) is 62.3 Å². The molecule has 4 rings (SSSR count). The minimum atomic E-state index is 0.765. The molecule has 1 aliphatic heterocycles. The zero-order chi connectivity index (χ0) is 10.7. The van der Waals surface area contributed by atoms with E-state index in [0.29, 0.717) is 0 Å². The van der Waals surface area contributed by atoms with Gasteiger partial charge in [-0.3, -0.25) is 0 Å². The van der Waals surface area contributed by atoms with E-state index >= 15 is 0 Å². The lowest BCUT2D eigenvalue weighted by molar-refractivity contribution is 0.170. The minimum Gasteiger partial charge on any atom is -0.381 e. The highest BCUT2D eigenvalue weighted by molar-refractivity contribution is 5.16. The van der Waals surface area contributed by atoms with Crippen molar-refractivity contribution in [3.8, 4) is 0 Å². The summed E-state index contributed by atoms with van der Waals surface area (Å²) < 4.78 is 5.57. The molecule has 4 fully saturated rings. The van der Waals surface area contributed by atoms with Crippen LogP contribution in [0.5, 0.6) is 0 Å². The van der Waals surface area contributed by atoms with E-state index in [1.165, 1.54) is 6.42 Å². The number of nitrogens with one attached hydrogen (secondary N) is 1. The second-order valence-electron chi connectivity index (χ2n) is 6.50. The highest BCUT2D eigenvalue weighted by atomic mass is 16.5. The van der Waals surface area contributed by atoms with Crippen molar-refractivity contribution in [3.05, 3.63) is 0 Å². The fourth-order valence-corrected chi connectivity index (χ4v) is 5.45. The highest BCUT2D eigenvalue weighted by Gasteiger charge is 2.67. The molecule has 16 heavy (non-hydrogen) atoms. The zero-order valence-corrected chi connectivity index (χ0v) is 10.2. The summed E-state index contributed by atoms with van der Waals surface area (Å²) in [5.41, 5.74) is 0. The molecule has 3 saturated carbocycles. The number of hydrogen-bond acceptors (Lipinski definition) is 2. The lowest BCUT2D eigenvalue weighted by Crippen LogP contribution is -2.38. The van der Waals surface area contributed by atoms with Crippen LogP contribution in [0.3, 0.4) is 0 Å². The summed E-state index contributed by atoms with van der Waals surface area (Å²) in [6, 6.07) is 0.765. The molecule has 0 amide bonds. The summed E-state index contributed by atoms with van der Waals surface area (Å²) >= 11 is 0. The molecule has 6 atom stereocenters. The number of ether oxygens (including phenoxy) is 1. The van der Waals surface area contributed by atoms with Crippen LogP contribution in [0.15, 0.2) is 0 Å². The van der Waals surface area contributed by atoms with Gasteiger partial charge in [0.1, 0.15) is 0 Å². The maximum absolute atomic E-state index is 5.57. The van der Waals surface area contributed by atoms with E-state index in [9.17, 15) is 0 Å². The van der Waals surface area contributed by atoms with Gasteiger partial charge in [0.15, 0.2) is 0 Å². The predicted octanol–water partition coefficient (Wildman–Crippen LogP) is 1.90. The SMILES string of the molecule is CNC(C1CCOC1)C1C2C3CCC(C3)C21. The van der Waals surface area contributed by atoms with E-state index in [0.717, 1.165) is 54.8 Å². The first-order chi connectivity index (χ1) is 7.90. The molecule has 1 saturated heterocycles. The molecule has 2 heteroatoms. The third-order valence-electron chi connectivity index (χ3n) is 6.02. The Hall–Kier alpha value is -0.0800. The Morgan fingerprint density at radius 3 is 2.44 bits per heavy atom. The normalized spacial score (nSPS) is 55.3. The summed E-state index contributed by atoms with van der Waals surface area (Å²) in [5.74, 6) is 6.26. The standard InChI is InChI=1S/C14H23NO/c1-15-14(10-4-5-16-7-10)13-11-8-2-3-9(6-8)12(11)13/h8-15H,2-7H2,1H3. The predicted molar refractivity (Wildman–Crippen MR) is 63.1 cm³/mol. The molecule has 2 bridgehead atoms. The first-order valence-corrected chi connectivity index (χ1v) is 7.15. The Morgan fingerprint density at radius 1 is 1.12 bits per heavy atom. The molecule has 0 aromatic heterocycles. The van der Waals surface area contributed by atoms with E-state index < -0.39 is 0 Å². The molecule has 0 radical (unpaired) electrons. The van der Waals surface area contributed by atoms with E-state index in [2.05, 4.69) is 12.4 Å². The second kappa shape index (κ2) is 3.46. The van der Waals surface area contributed by atoms with Crippen molar-refractivity contribution in [2.24, 2.45) is 35.5 Å². The van der Waals surface area contributed by atoms with E-state index in [1.807, 2.05) is 0 Å². The van der Waals surface area contributed by atoms with Crippen LogP contribution < -0.4 is 5.32 Å². The van der Waals surface area contributed by atoms with Gasteiger partial charge in [0.2, 0.25) is 0 Å². The lowest BCUT2D eigenvalue weighted by atomic mass is 9.89. The lowest BCUT2D eigenvalue weighted by Gasteiger charge is -2.24. The molecule has 0 aromatic carbocycles. The first kappa shape index (κ1) is 9.90. The summed E-state index contributed by atoms with van der Waals surface area (Å²) in [7, 11) is 2.17. The molecule has 90 valence electrons. The maximum atomic E-state index is 5.57. The Balaban J connectivity index is 1.50. The van der Waals surface area contributed by atoms with Gasteiger partial charge in [-0.15, -0.1) is 0 Å². The van der Waals surface area contributed by atoms with Gasteiger partial charge >= 0.3 is 0 Å². The van der Waals surface area contributed by atoms with Crippen LogP contribution in [0.4, 0.5) is 0 Å². The van der Waals surface area contributed by atoms with E-state index in [1.54, 1.807) is 19.3 Å². The van der Waals surface area contributed by atoms with Gasteiger partial charge in [0.05, 0.1) is 6.61 Å². The highest BCUT2D eigenvalue weighted by Crippen LogP contribution is 2.70. The Kier molecular flexibility index (Phi) is 2.14. The van der Waals surface area contributed by atoms with Gasteiger partial charge in [0, 0.05) is 18.6 Å². The number of rotatable bonds is 3. The van der Waals surface area contributed by atoms with Crippen molar-refractivity contribution < 1.29 is 4.74 Å². The fraction of sp³-hybridized carbons (Fsp3) is 1.00. The first-order valence-electron chi connectivity index (χ1n) is 7.15. The quantitative estimate of drug-likeness (QED) is 0.786. The Labute approximate surface area is 98.1 Å². The monoisotopic (exact) mass is 221 g/mol. The second-order valence-corrected chi connectivity index (χ2v) is 6.50. The molecule has 1 heterocycles. The van der Waals surface area contributed by atoms with Crippen molar-refractivity contribution in [2.75, 3.05) is 20.3 Å². The van der Waals surface area contributed by atoms with Crippen molar-refractivity contribution in [2.45, 2.75) is 31.7 Å². The fourth-order valence-electron chi connectivity index (χ4n) is 5.45.